The van der Waals surface area contributed by atoms with Gasteiger partial charge in [0.2, 0.25) is 5.88 Å². The molecule has 0 spiro atoms. The van der Waals surface area contributed by atoms with Gasteiger partial charge in [0.05, 0.1) is 0 Å². The molecule has 0 unspecified atom stereocenters. The fraction of sp³-hybridized carbons (Fsp3) is 0.455. The zero-order valence-corrected chi connectivity index (χ0v) is 10.4. The quantitative estimate of drug-likeness (QED) is 0.629. The molecule has 0 atom stereocenters. The summed E-state index contributed by atoms with van der Waals surface area (Å²) in [6.45, 7) is 5.92. The van der Waals surface area contributed by atoms with E-state index < -0.39 is 0 Å². The molecule has 4 nitrogen and oxygen atoms in total. The monoisotopic (exact) mass is 241 g/mol. The third-order valence-corrected chi connectivity index (χ3v) is 2.74. The summed E-state index contributed by atoms with van der Waals surface area (Å²) >= 11 is 6.06. The maximum absolute atomic E-state index is 7.36. The molecule has 0 saturated carbocycles. The van der Waals surface area contributed by atoms with E-state index in [1.807, 2.05) is 20.8 Å². The van der Waals surface area contributed by atoms with Crippen LogP contribution in [0.4, 0.5) is 0 Å². The molecule has 0 fully saturated rings. The molecule has 0 aliphatic rings. The van der Waals surface area contributed by atoms with Crippen LogP contribution < -0.4 is 10.5 Å². The van der Waals surface area contributed by atoms with Crippen LogP contribution in [-0.2, 0) is 0 Å². The lowest BCUT2D eigenvalue weighted by molar-refractivity contribution is 0.0991. The number of halogens is 1. The summed E-state index contributed by atoms with van der Waals surface area (Å²) in [6.07, 6.45) is 2.36. The molecular weight excluding hydrogens is 226 g/mol. The molecular formula is C11H16ClN3O. The largest absolute Gasteiger partial charge is 0.471 e. The Morgan fingerprint density at radius 1 is 1.62 bits per heavy atom. The van der Waals surface area contributed by atoms with Crippen molar-refractivity contribution in [2.75, 3.05) is 0 Å². The predicted octanol–water partition coefficient (Wildman–Crippen LogP) is 2.59. The molecule has 0 aliphatic heterocycles. The lowest BCUT2D eigenvalue weighted by Crippen LogP contribution is -2.27. The Bertz CT molecular complexity index is 404. The van der Waals surface area contributed by atoms with Crippen molar-refractivity contribution >= 4 is 17.4 Å². The van der Waals surface area contributed by atoms with Gasteiger partial charge in [0.15, 0.2) is 0 Å². The molecule has 0 amide bonds. The van der Waals surface area contributed by atoms with Crippen LogP contribution in [0.15, 0.2) is 12.3 Å². The van der Waals surface area contributed by atoms with Gasteiger partial charge in [-0.25, -0.2) is 4.98 Å². The molecule has 1 aromatic rings. The summed E-state index contributed by atoms with van der Waals surface area (Å²) in [6, 6.07) is 1.59. The zero-order chi connectivity index (χ0) is 12.3. The zero-order valence-electron chi connectivity index (χ0n) is 9.67. The Morgan fingerprint density at radius 2 is 2.25 bits per heavy atom. The lowest BCUT2D eigenvalue weighted by atomic mass is 10.1. The third kappa shape index (κ3) is 2.85. The highest BCUT2D eigenvalue weighted by Gasteiger charge is 2.20. The first-order valence-electron chi connectivity index (χ1n) is 5.05. The van der Waals surface area contributed by atoms with Gasteiger partial charge in [-0.3, -0.25) is 5.41 Å². The Hall–Kier alpha value is -1.29. The summed E-state index contributed by atoms with van der Waals surface area (Å²) in [4.78, 5) is 4.05. The maximum atomic E-state index is 7.36. The van der Waals surface area contributed by atoms with Gasteiger partial charge < -0.3 is 10.5 Å². The van der Waals surface area contributed by atoms with E-state index in [2.05, 4.69) is 4.98 Å². The Kier molecular flexibility index (Phi) is 3.75. The molecule has 0 saturated heterocycles. The van der Waals surface area contributed by atoms with Crippen LogP contribution in [-0.4, -0.2) is 16.4 Å². The minimum absolute atomic E-state index is 0.0912. The fourth-order valence-corrected chi connectivity index (χ4v) is 1.29. The van der Waals surface area contributed by atoms with E-state index in [9.17, 15) is 0 Å². The Balaban J connectivity index is 3.07. The van der Waals surface area contributed by atoms with E-state index in [0.717, 1.165) is 6.42 Å². The second-order valence-electron chi connectivity index (χ2n) is 4.11. The molecule has 88 valence electrons. The number of amidine groups is 1. The van der Waals surface area contributed by atoms with Crippen LogP contribution in [0.1, 0.15) is 32.8 Å². The van der Waals surface area contributed by atoms with Crippen molar-refractivity contribution in [2.45, 2.75) is 32.8 Å². The van der Waals surface area contributed by atoms with Crippen molar-refractivity contribution in [1.82, 2.24) is 4.98 Å². The number of ether oxygens (including phenoxy) is 1. The number of pyridine rings is 1. The van der Waals surface area contributed by atoms with Crippen molar-refractivity contribution in [3.8, 4) is 5.88 Å². The molecule has 3 N–H and O–H groups in total. The topological polar surface area (TPSA) is 72.0 Å². The maximum Gasteiger partial charge on any atom is 0.233 e. The molecule has 0 bridgehead atoms. The molecule has 5 heteroatoms. The predicted molar refractivity (Wildman–Crippen MR) is 65.3 cm³/mol. The molecule has 1 heterocycles. The van der Waals surface area contributed by atoms with Crippen LogP contribution in [0.3, 0.4) is 0 Å². The van der Waals surface area contributed by atoms with Gasteiger partial charge in [-0.15, -0.1) is 0 Å². The minimum atomic E-state index is -0.341. The number of hydrogen-bond donors (Lipinski definition) is 2. The van der Waals surface area contributed by atoms with E-state index in [-0.39, 0.29) is 16.5 Å². The molecule has 16 heavy (non-hydrogen) atoms. The Labute approximate surface area is 100 Å². The van der Waals surface area contributed by atoms with Crippen LogP contribution in [0.5, 0.6) is 5.88 Å². The van der Waals surface area contributed by atoms with E-state index in [1.54, 1.807) is 6.07 Å². The molecule has 0 aliphatic carbocycles. The third-order valence-electron chi connectivity index (χ3n) is 2.37. The van der Waals surface area contributed by atoms with Gasteiger partial charge in [0, 0.05) is 11.8 Å². The number of nitrogens with one attached hydrogen (secondary N) is 1. The summed E-state index contributed by atoms with van der Waals surface area (Å²) in [5, 5.41) is 7.65. The normalized spacial score (nSPS) is 11.2. The van der Waals surface area contributed by atoms with Gasteiger partial charge in [0.1, 0.15) is 16.5 Å². The second kappa shape index (κ2) is 4.70. The van der Waals surface area contributed by atoms with Gasteiger partial charge in [-0.2, -0.15) is 0 Å². The molecule has 1 rings (SSSR count). The lowest BCUT2D eigenvalue weighted by Gasteiger charge is -2.24. The minimum Gasteiger partial charge on any atom is -0.471 e. The van der Waals surface area contributed by atoms with E-state index in [0.29, 0.717) is 11.4 Å². The van der Waals surface area contributed by atoms with Crippen LogP contribution in [0.2, 0.25) is 5.02 Å². The first kappa shape index (κ1) is 12.8. The van der Waals surface area contributed by atoms with Crippen molar-refractivity contribution in [1.29, 1.82) is 5.41 Å². The number of nitrogen functional groups attached to an aromatic ring is 1. The summed E-state index contributed by atoms with van der Waals surface area (Å²) < 4.78 is 5.68. The van der Waals surface area contributed by atoms with E-state index in [1.165, 1.54) is 6.20 Å². The highest BCUT2D eigenvalue weighted by atomic mass is 35.5. The fourth-order valence-electron chi connectivity index (χ4n) is 1.04. The first-order chi connectivity index (χ1) is 7.37. The van der Waals surface area contributed by atoms with Crippen molar-refractivity contribution in [3.05, 3.63) is 22.8 Å². The van der Waals surface area contributed by atoms with Gasteiger partial charge in [0.25, 0.3) is 0 Å². The summed E-state index contributed by atoms with van der Waals surface area (Å²) in [7, 11) is 0. The first-order valence-corrected chi connectivity index (χ1v) is 5.43. The smallest absolute Gasteiger partial charge is 0.233 e. The summed E-state index contributed by atoms with van der Waals surface area (Å²) in [5.41, 5.74) is 5.50. The number of nitrogens with two attached hydrogens (primary N) is 1. The van der Waals surface area contributed by atoms with Gasteiger partial charge in [-0.05, 0) is 26.3 Å². The number of aromatic nitrogens is 1. The van der Waals surface area contributed by atoms with E-state index in [4.69, 9.17) is 27.5 Å². The number of hydrogen-bond acceptors (Lipinski definition) is 3. The van der Waals surface area contributed by atoms with Crippen LogP contribution >= 0.6 is 11.6 Å². The standard InChI is InChI=1S/C11H16ClN3O/c1-4-11(2,3)16-10-8(12)7(9(13)14)5-6-15-10/h5-6H,4H2,1-3H3,(H3,13,14). The number of nitrogens with zero attached hydrogens (tertiary/aromatic N) is 1. The van der Waals surface area contributed by atoms with Crippen LogP contribution in [0.25, 0.3) is 0 Å². The Morgan fingerprint density at radius 3 is 2.75 bits per heavy atom. The second-order valence-corrected chi connectivity index (χ2v) is 4.48. The van der Waals surface area contributed by atoms with Crippen LogP contribution in [0, 0.1) is 5.41 Å². The van der Waals surface area contributed by atoms with E-state index >= 15 is 0 Å². The van der Waals surface area contributed by atoms with Crippen molar-refractivity contribution < 1.29 is 4.74 Å². The molecule has 0 radical (unpaired) electrons. The van der Waals surface area contributed by atoms with Gasteiger partial charge >= 0.3 is 0 Å². The average molecular weight is 242 g/mol. The SMILES string of the molecule is CCC(C)(C)Oc1nccc(C(=N)N)c1Cl. The highest BCUT2D eigenvalue weighted by molar-refractivity contribution is 6.35. The average Bonchev–Trinajstić information content (AvgIpc) is 2.20. The number of rotatable bonds is 4. The van der Waals surface area contributed by atoms with Crippen molar-refractivity contribution in [2.24, 2.45) is 5.73 Å². The molecule has 1 aromatic heterocycles. The summed E-state index contributed by atoms with van der Waals surface area (Å²) in [5.74, 6) is 0.229. The van der Waals surface area contributed by atoms with Crippen molar-refractivity contribution in [3.63, 3.8) is 0 Å². The highest BCUT2D eigenvalue weighted by Crippen LogP contribution is 2.29. The van der Waals surface area contributed by atoms with Gasteiger partial charge in [-0.1, -0.05) is 18.5 Å². The molecule has 0 aromatic carbocycles.